The van der Waals surface area contributed by atoms with E-state index in [4.69, 9.17) is 8.83 Å². The molecule has 0 saturated heterocycles. The lowest BCUT2D eigenvalue weighted by Gasteiger charge is -1.94. The van der Waals surface area contributed by atoms with Gasteiger partial charge in [-0.05, 0) is 56.1 Å². The van der Waals surface area contributed by atoms with Crippen molar-refractivity contribution in [2.45, 2.75) is 0 Å². The van der Waals surface area contributed by atoms with Gasteiger partial charge in [0, 0.05) is 0 Å². The van der Waals surface area contributed by atoms with Gasteiger partial charge in [0.15, 0.2) is 20.9 Å². The Morgan fingerprint density at radius 1 is 0.667 bits per heavy atom. The van der Waals surface area contributed by atoms with Gasteiger partial charge >= 0.3 is 0 Å². The molecule has 0 unspecified atom stereocenters. The fourth-order valence-corrected chi connectivity index (χ4v) is 1.91. The van der Waals surface area contributed by atoms with Gasteiger partial charge in [0.05, 0.1) is 0 Å². The van der Waals surface area contributed by atoms with Crippen molar-refractivity contribution >= 4 is 31.9 Å². The Hall–Kier alpha value is -1.54. The van der Waals surface area contributed by atoms with Gasteiger partial charge in [-0.2, -0.15) is 0 Å². The van der Waals surface area contributed by atoms with Crippen LogP contribution in [0.1, 0.15) is 0 Å². The first-order valence-corrected chi connectivity index (χ1v) is 6.40. The van der Waals surface area contributed by atoms with E-state index in [0.717, 1.165) is 0 Å². The second-order valence-corrected chi connectivity index (χ2v) is 4.82. The number of nitrogens with zero attached hydrogens (tertiary/aromatic N) is 4. The highest BCUT2D eigenvalue weighted by Gasteiger charge is 2.11. The summed E-state index contributed by atoms with van der Waals surface area (Å²) in [7, 11) is 0. The molecule has 0 aliphatic heterocycles. The third-order valence-electron chi connectivity index (χ3n) is 2.07. The zero-order chi connectivity index (χ0) is 12.5. The first-order chi connectivity index (χ1) is 8.72. The first-order valence-electron chi connectivity index (χ1n) is 4.81. The molecule has 18 heavy (non-hydrogen) atoms. The van der Waals surface area contributed by atoms with Crippen LogP contribution in [-0.4, -0.2) is 20.4 Å². The minimum absolute atomic E-state index is 0.315. The molecule has 90 valence electrons. The maximum absolute atomic E-state index is 5.30. The summed E-state index contributed by atoms with van der Waals surface area (Å²) in [5.74, 6) is 1.62. The van der Waals surface area contributed by atoms with Gasteiger partial charge in [-0.25, -0.2) is 0 Å². The lowest BCUT2D eigenvalue weighted by atomic mass is 10.4. The maximum Gasteiger partial charge on any atom is 0.238 e. The SMILES string of the molecule is Brc1ccc(-c2nnc(-c3ccc(Br)o3)nn2)o1. The Kier molecular flexibility index (Phi) is 2.96. The Morgan fingerprint density at radius 3 is 1.33 bits per heavy atom. The molecule has 3 rings (SSSR count). The van der Waals surface area contributed by atoms with Crippen LogP contribution in [0, 0.1) is 0 Å². The van der Waals surface area contributed by atoms with Gasteiger partial charge in [-0.15, -0.1) is 20.4 Å². The second-order valence-electron chi connectivity index (χ2n) is 3.25. The number of aromatic nitrogens is 4. The van der Waals surface area contributed by atoms with Crippen molar-refractivity contribution in [2.24, 2.45) is 0 Å². The predicted molar refractivity (Wildman–Crippen MR) is 68.4 cm³/mol. The van der Waals surface area contributed by atoms with Crippen LogP contribution in [0.5, 0.6) is 0 Å². The van der Waals surface area contributed by atoms with E-state index in [1.165, 1.54) is 0 Å². The van der Waals surface area contributed by atoms with E-state index in [0.29, 0.717) is 32.5 Å². The highest BCUT2D eigenvalue weighted by atomic mass is 79.9. The summed E-state index contributed by atoms with van der Waals surface area (Å²) in [6.45, 7) is 0. The first kappa shape index (κ1) is 11.5. The number of furan rings is 2. The third kappa shape index (κ3) is 2.21. The zero-order valence-electron chi connectivity index (χ0n) is 8.67. The fourth-order valence-electron chi connectivity index (χ4n) is 1.30. The van der Waals surface area contributed by atoms with Gasteiger partial charge in [0.2, 0.25) is 11.6 Å². The molecule has 0 aliphatic rings. The normalized spacial score (nSPS) is 10.8. The van der Waals surface area contributed by atoms with Crippen LogP contribution in [0.2, 0.25) is 0 Å². The molecule has 0 radical (unpaired) electrons. The van der Waals surface area contributed by atoms with Crippen LogP contribution in [0.3, 0.4) is 0 Å². The van der Waals surface area contributed by atoms with Crippen LogP contribution < -0.4 is 0 Å². The molecule has 0 bridgehead atoms. The van der Waals surface area contributed by atoms with E-state index in [1.54, 1.807) is 24.3 Å². The Balaban J connectivity index is 1.94. The molecule has 0 aromatic carbocycles. The molecule has 8 heteroatoms. The largest absolute Gasteiger partial charge is 0.446 e. The summed E-state index contributed by atoms with van der Waals surface area (Å²) in [5.41, 5.74) is 0. The number of halogens is 2. The number of hydrogen-bond donors (Lipinski definition) is 0. The summed E-state index contributed by atoms with van der Waals surface area (Å²) in [6.07, 6.45) is 0. The molecule has 3 heterocycles. The van der Waals surface area contributed by atoms with Crippen LogP contribution in [-0.2, 0) is 0 Å². The lowest BCUT2D eigenvalue weighted by molar-refractivity contribution is 0.540. The maximum atomic E-state index is 5.30. The van der Waals surface area contributed by atoms with Crippen molar-refractivity contribution in [1.82, 2.24) is 20.4 Å². The average Bonchev–Trinajstić information content (AvgIpc) is 2.98. The molecule has 0 fully saturated rings. The summed E-state index contributed by atoms with van der Waals surface area (Å²) in [5, 5.41) is 15.7. The summed E-state index contributed by atoms with van der Waals surface area (Å²) in [6, 6.07) is 6.95. The van der Waals surface area contributed by atoms with Crippen molar-refractivity contribution in [3.8, 4) is 23.2 Å². The molecule has 0 amide bonds. The third-order valence-corrected chi connectivity index (χ3v) is 2.92. The van der Waals surface area contributed by atoms with Crippen LogP contribution in [0.15, 0.2) is 42.4 Å². The van der Waals surface area contributed by atoms with Crippen LogP contribution in [0.25, 0.3) is 23.2 Å². The standard InChI is InChI=1S/C10H4Br2N4O2/c11-7-3-1-5(17-7)9-13-15-10(16-14-9)6-2-4-8(12)18-6/h1-4H. The van der Waals surface area contributed by atoms with Gasteiger partial charge in [0.1, 0.15) is 0 Å². The Morgan fingerprint density at radius 2 is 1.06 bits per heavy atom. The van der Waals surface area contributed by atoms with Gasteiger partial charge in [-0.1, -0.05) is 0 Å². The molecule has 0 spiro atoms. The fraction of sp³-hybridized carbons (Fsp3) is 0. The quantitative estimate of drug-likeness (QED) is 0.687. The van der Waals surface area contributed by atoms with Crippen molar-refractivity contribution in [1.29, 1.82) is 0 Å². The van der Waals surface area contributed by atoms with E-state index in [2.05, 4.69) is 52.3 Å². The van der Waals surface area contributed by atoms with Crippen molar-refractivity contribution in [3.05, 3.63) is 33.6 Å². The average molecular weight is 372 g/mol. The van der Waals surface area contributed by atoms with Gasteiger partial charge in [-0.3, -0.25) is 0 Å². The molecule has 0 N–H and O–H groups in total. The molecular formula is C10H4Br2N4O2. The molecule has 0 atom stereocenters. The highest BCUT2D eigenvalue weighted by molar-refractivity contribution is 9.10. The minimum Gasteiger partial charge on any atom is -0.446 e. The number of hydrogen-bond acceptors (Lipinski definition) is 6. The lowest BCUT2D eigenvalue weighted by Crippen LogP contribution is -1.97. The Labute approximate surface area is 118 Å². The monoisotopic (exact) mass is 370 g/mol. The van der Waals surface area contributed by atoms with Crippen molar-refractivity contribution in [2.75, 3.05) is 0 Å². The summed E-state index contributed by atoms with van der Waals surface area (Å²) < 4.78 is 11.8. The highest BCUT2D eigenvalue weighted by Crippen LogP contribution is 2.23. The second kappa shape index (κ2) is 4.62. The molecule has 3 aromatic rings. The van der Waals surface area contributed by atoms with Crippen LogP contribution >= 0.6 is 31.9 Å². The van der Waals surface area contributed by atoms with Crippen molar-refractivity contribution in [3.63, 3.8) is 0 Å². The molecule has 0 saturated carbocycles. The minimum atomic E-state index is 0.315. The van der Waals surface area contributed by atoms with Gasteiger partial charge in [0.25, 0.3) is 0 Å². The van der Waals surface area contributed by atoms with E-state index in [9.17, 15) is 0 Å². The van der Waals surface area contributed by atoms with Gasteiger partial charge < -0.3 is 8.83 Å². The predicted octanol–water partition coefficient (Wildman–Crippen LogP) is 3.31. The summed E-state index contributed by atoms with van der Waals surface area (Å²) in [4.78, 5) is 0. The van der Waals surface area contributed by atoms with E-state index in [1.807, 2.05) is 0 Å². The molecule has 6 nitrogen and oxygen atoms in total. The van der Waals surface area contributed by atoms with E-state index in [-0.39, 0.29) is 0 Å². The summed E-state index contributed by atoms with van der Waals surface area (Å²) >= 11 is 6.40. The molecule has 0 aliphatic carbocycles. The molecule has 3 aromatic heterocycles. The van der Waals surface area contributed by atoms with Crippen molar-refractivity contribution < 1.29 is 8.83 Å². The zero-order valence-corrected chi connectivity index (χ0v) is 11.8. The Bertz CT molecular complexity index is 618. The van der Waals surface area contributed by atoms with E-state index >= 15 is 0 Å². The van der Waals surface area contributed by atoms with Crippen LogP contribution in [0.4, 0.5) is 0 Å². The topological polar surface area (TPSA) is 77.8 Å². The molecular weight excluding hydrogens is 368 g/mol. The van der Waals surface area contributed by atoms with E-state index < -0.39 is 0 Å². The smallest absolute Gasteiger partial charge is 0.238 e. The number of rotatable bonds is 2.